The molecule has 0 spiro atoms. The highest BCUT2D eigenvalue weighted by molar-refractivity contribution is 5.98. The van der Waals surface area contributed by atoms with E-state index < -0.39 is 0 Å². The van der Waals surface area contributed by atoms with Crippen LogP contribution in [0.4, 0.5) is 5.69 Å². The van der Waals surface area contributed by atoms with Crippen molar-refractivity contribution in [2.24, 2.45) is 0 Å². The molecule has 0 aliphatic carbocycles. The zero-order valence-corrected chi connectivity index (χ0v) is 15.3. The third-order valence-corrected chi connectivity index (χ3v) is 5.24. The lowest BCUT2D eigenvalue weighted by Gasteiger charge is -2.21. The lowest BCUT2D eigenvalue weighted by atomic mass is 10.0. The van der Waals surface area contributed by atoms with E-state index in [9.17, 15) is 9.59 Å². The first-order chi connectivity index (χ1) is 13.2. The van der Waals surface area contributed by atoms with E-state index in [1.54, 1.807) is 18.2 Å². The maximum absolute atomic E-state index is 13.0. The monoisotopic (exact) mass is 364 g/mol. The summed E-state index contributed by atoms with van der Waals surface area (Å²) in [5, 5.41) is 2.88. The van der Waals surface area contributed by atoms with Crippen molar-refractivity contribution >= 4 is 17.5 Å². The maximum atomic E-state index is 13.0. The van der Waals surface area contributed by atoms with Gasteiger partial charge in [-0.25, -0.2) is 0 Å². The Kier molecular flexibility index (Phi) is 5.21. The van der Waals surface area contributed by atoms with Crippen LogP contribution in [-0.4, -0.2) is 36.0 Å². The standard InChI is InChI=1S/C22H24N2O3/c25-21(20-11-5-13-27-20)23-19-10-3-8-17(14-19)22(26)24-12-4-9-16-6-1-2-7-18(16)15-24/h1-3,6-8,10,14,20H,4-5,9,11-13,15H2,(H,23,25)/t20-/m1/s1. The van der Waals surface area contributed by atoms with Crippen LogP contribution in [-0.2, 0) is 22.5 Å². The summed E-state index contributed by atoms with van der Waals surface area (Å²) in [6.45, 7) is 1.99. The van der Waals surface area contributed by atoms with E-state index in [0.29, 0.717) is 24.4 Å². The van der Waals surface area contributed by atoms with Gasteiger partial charge in [0.05, 0.1) is 0 Å². The van der Waals surface area contributed by atoms with Gasteiger partial charge in [0.1, 0.15) is 6.10 Å². The number of ether oxygens (including phenoxy) is 1. The molecule has 1 N–H and O–H groups in total. The summed E-state index contributed by atoms with van der Waals surface area (Å²) in [6, 6.07) is 15.5. The Morgan fingerprint density at radius 1 is 1.04 bits per heavy atom. The number of hydrogen-bond donors (Lipinski definition) is 1. The summed E-state index contributed by atoms with van der Waals surface area (Å²) >= 11 is 0. The number of nitrogens with one attached hydrogen (secondary N) is 1. The summed E-state index contributed by atoms with van der Waals surface area (Å²) in [7, 11) is 0. The quantitative estimate of drug-likeness (QED) is 0.908. The molecule has 0 unspecified atom stereocenters. The van der Waals surface area contributed by atoms with Gasteiger partial charge in [0, 0.05) is 30.9 Å². The van der Waals surface area contributed by atoms with Crippen LogP contribution in [0.25, 0.3) is 0 Å². The average Bonchev–Trinajstić information content (AvgIpc) is 3.14. The number of carbonyl (C=O) groups excluding carboxylic acids is 2. The van der Waals surface area contributed by atoms with Gasteiger partial charge in [-0.2, -0.15) is 0 Å². The largest absolute Gasteiger partial charge is 0.368 e. The zero-order chi connectivity index (χ0) is 18.6. The Morgan fingerprint density at radius 3 is 2.70 bits per heavy atom. The van der Waals surface area contributed by atoms with Crippen molar-refractivity contribution in [3.63, 3.8) is 0 Å². The fourth-order valence-corrected chi connectivity index (χ4v) is 3.79. The molecular formula is C22H24N2O3. The second-order valence-corrected chi connectivity index (χ2v) is 7.17. The Hall–Kier alpha value is -2.66. The first kappa shape index (κ1) is 17.7. The van der Waals surface area contributed by atoms with Crippen molar-refractivity contribution in [3.05, 3.63) is 65.2 Å². The van der Waals surface area contributed by atoms with E-state index in [0.717, 1.165) is 32.2 Å². The summed E-state index contributed by atoms with van der Waals surface area (Å²) in [6.07, 6.45) is 3.23. The first-order valence-electron chi connectivity index (χ1n) is 9.59. The van der Waals surface area contributed by atoms with Gasteiger partial charge in [0.2, 0.25) is 0 Å². The van der Waals surface area contributed by atoms with E-state index in [4.69, 9.17) is 4.74 Å². The predicted octanol–water partition coefficient (Wildman–Crippen LogP) is 3.39. The normalized spacial score (nSPS) is 19.3. The second kappa shape index (κ2) is 7.92. The van der Waals surface area contributed by atoms with Gasteiger partial charge in [-0.1, -0.05) is 30.3 Å². The first-order valence-corrected chi connectivity index (χ1v) is 9.59. The number of anilines is 1. The number of fused-ring (bicyclic) bond motifs is 1. The topological polar surface area (TPSA) is 58.6 Å². The molecule has 2 aliphatic heterocycles. The van der Waals surface area contributed by atoms with Gasteiger partial charge in [-0.15, -0.1) is 0 Å². The minimum absolute atomic E-state index is 0.0000755. The molecule has 2 aromatic carbocycles. The molecule has 2 aliphatic rings. The van der Waals surface area contributed by atoms with Gasteiger partial charge in [-0.05, 0) is 55.0 Å². The van der Waals surface area contributed by atoms with Crippen LogP contribution in [0.5, 0.6) is 0 Å². The fourth-order valence-electron chi connectivity index (χ4n) is 3.79. The number of benzene rings is 2. The zero-order valence-electron chi connectivity index (χ0n) is 15.3. The van der Waals surface area contributed by atoms with Crippen LogP contribution < -0.4 is 5.32 Å². The molecule has 5 heteroatoms. The Morgan fingerprint density at radius 2 is 1.89 bits per heavy atom. The summed E-state index contributed by atoms with van der Waals surface area (Å²) in [5.74, 6) is -0.138. The van der Waals surface area contributed by atoms with Crippen LogP contribution in [0.1, 0.15) is 40.7 Å². The number of hydrogen-bond acceptors (Lipinski definition) is 3. The molecule has 0 saturated carbocycles. The molecule has 2 amide bonds. The molecule has 140 valence electrons. The lowest BCUT2D eigenvalue weighted by molar-refractivity contribution is -0.124. The van der Waals surface area contributed by atoms with Crippen molar-refractivity contribution in [1.29, 1.82) is 0 Å². The highest BCUT2D eigenvalue weighted by atomic mass is 16.5. The van der Waals surface area contributed by atoms with Gasteiger partial charge < -0.3 is 15.0 Å². The molecule has 0 bridgehead atoms. The third kappa shape index (κ3) is 4.03. The van der Waals surface area contributed by atoms with Gasteiger partial charge >= 0.3 is 0 Å². The van der Waals surface area contributed by atoms with E-state index >= 15 is 0 Å². The van der Waals surface area contributed by atoms with Crippen LogP contribution in [0, 0.1) is 0 Å². The van der Waals surface area contributed by atoms with Crippen LogP contribution >= 0.6 is 0 Å². The van der Waals surface area contributed by atoms with Crippen molar-refractivity contribution in [2.75, 3.05) is 18.5 Å². The van der Waals surface area contributed by atoms with E-state index in [1.807, 2.05) is 17.0 Å². The summed E-state index contributed by atoms with van der Waals surface area (Å²) in [5.41, 5.74) is 3.77. The average molecular weight is 364 g/mol. The predicted molar refractivity (Wildman–Crippen MR) is 104 cm³/mol. The summed E-state index contributed by atoms with van der Waals surface area (Å²) in [4.78, 5) is 27.2. The van der Waals surface area contributed by atoms with E-state index in [1.165, 1.54) is 11.1 Å². The molecule has 1 atom stereocenters. The van der Waals surface area contributed by atoms with Gasteiger partial charge in [0.15, 0.2) is 0 Å². The number of rotatable bonds is 3. The third-order valence-electron chi connectivity index (χ3n) is 5.24. The Bertz CT molecular complexity index is 843. The summed E-state index contributed by atoms with van der Waals surface area (Å²) < 4.78 is 5.42. The van der Waals surface area contributed by atoms with E-state index in [2.05, 4.69) is 23.5 Å². The number of nitrogens with zero attached hydrogens (tertiary/aromatic N) is 1. The molecule has 2 heterocycles. The Balaban J connectivity index is 1.48. The van der Waals surface area contributed by atoms with Crippen LogP contribution in [0.15, 0.2) is 48.5 Å². The number of amides is 2. The van der Waals surface area contributed by atoms with Crippen molar-refractivity contribution < 1.29 is 14.3 Å². The van der Waals surface area contributed by atoms with Gasteiger partial charge in [0.25, 0.3) is 11.8 Å². The van der Waals surface area contributed by atoms with Crippen LogP contribution in [0.2, 0.25) is 0 Å². The number of aryl methyl sites for hydroxylation is 1. The van der Waals surface area contributed by atoms with Gasteiger partial charge in [-0.3, -0.25) is 9.59 Å². The molecule has 0 aromatic heterocycles. The Labute approximate surface area is 159 Å². The highest BCUT2D eigenvalue weighted by Gasteiger charge is 2.24. The SMILES string of the molecule is O=C(Nc1cccc(C(=O)N2CCCc3ccccc3C2)c1)[C@H]1CCCO1. The molecule has 2 aromatic rings. The molecule has 5 nitrogen and oxygen atoms in total. The molecule has 1 saturated heterocycles. The molecule has 1 fully saturated rings. The van der Waals surface area contributed by atoms with Crippen molar-refractivity contribution in [1.82, 2.24) is 4.90 Å². The minimum Gasteiger partial charge on any atom is -0.368 e. The maximum Gasteiger partial charge on any atom is 0.254 e. The minimum atomic E-state index is -0.383. The van der Waals surface area contributed by atoms with Crippen molar-refractivity contribution in [3.8, 4) is 0 Å². The fraction of sp³-hybridized carbons (Fsp3) is 0.364. The van der Waals surface area contributed by atoms with E-state index in [-0.39, 0.29) is 17.9 Å². The molecule has 4 rings (SSSR count). The van der Waals surface area contributed by atoms with Crippen molar-refractivity contribution in [2.45, 2.75) is 38.3 Å². The molecule has 0 radical (unpaired) electrons. The smallest absolute Gasteiger partial charge is 0.254 e. The number of carbonyl (C=O) groups is 2. The lowest BCUT2D eigenvalue weighted by Crippen LogP contribution is -2.31. The highest BCUT2D eigenvalue weighted by Crippen LogP contribution is 2.22. The molecule has 27 heavy (non-hydrogen) atoms. The second-order valence-electron chi connectivity index (χ2n) is 7.17. The van der Waals surface area contributed by atoms with Crippen LogP contribution in [0.3, 0.4) is 0 Å². The molecular weight excluding hydrogens is 340 g/mol.